The Hall–Kier alpha value is -4.04. The molecule has 156 valence electrons. The largest absolute Gasteiger partial charge is 0.353 e. The van der Waals surface area contributed by atoms with Gasteiger partial charge in [0.15, 0.2) is 0 Å². The van der Waals surface area contributed by atoms with Gasteiger partial charge in [0.05, 0.1) is 16.9 Å². The van der Waals surface area contributed by atoms with Gasteiger partial charge in [-0.05, 0) is 48.6 Å². The molecule has 2 nitrogen and oxygen atoms in total. The number of hydrogen-bond donors (Lipinski definition) is 1. The molecule has 0 radical (unpaired) electrons. The van der Waals surface area contributed by atoms with Crippen LogP contribution in [0.4, 0.5) is 0 Å². The average Bonchev–Trinajstić information content (AvgIpc) is 3.32. The van der Waals surface area contributed by atoms with Gasteiger partial charge in [0.25, 0.3) is 0 Å². The Morgan fingerprint density at radius 1 is 0.812 bits per heavy atom. The van der Waals surface area contributed by atoms with E-state index in [-0.39, 0.29) is 0 Å². The van der Waals surface area contributed by atoms with Crippen molar-refractivity contribution in [3.63, 3.8) is 0 Å². The lowest BCUT2D eigenvalue weighted by Gasteiger charge is -2.13. The number of para-hydroxylation sites is 1. The zero-order chi connectivity index (χ0) is 22.2. The molecule has 0 atom stereocenters. The van der Waals surface area contributed by atoms with Gasteiger partial charge >= 0.3 is 0 Å². The molecule has 5 rings (SSSR count). The van der Waals surface area contributed by atoms with Crippen LogP contribution in [0.1, 0.15) is 22.4 Å². The lowest BCUT2D eigenvalue weighted by molar-refractivity contribution is 1.12. The molecule has 0 saturated heterocycles. The predicted octanol–water partition coefficient (Wildman–Crippen LogP) is 8.24. The number of H-pyrrole nitrogens is 1. The number of aromatic amines is 1. The van der Waals surface area contributed by atoms with Crippen LogP contribution >= 0.6 is 0 Å². The van der Waals surface area contributed by atoms with Gasteiger partial charge in [-0.3, -0.25) is 0 Å². The maximum atomic E-state index is 4.21. The van der Waals surface area contributed by atoms with E-state index >= 15 is 0 Å². The Bertz CT molecular complexity index is 1510. The number of aromatic nitrogens is 2. The molecule has 5 aromatic rings. The molecule has 0 aliphatic heterocycles. The third kappa shape index (κ3) is 2.96. The standard InChI is InChI=1S/C30H26N2/c1-5-7-17-27-20(3)21(4)28(31-27)30-24(6-2)26-19-18-22-13-11-12-16-25(22)29(26)32(30)23-14-9-8-10-15-23/h5-19,31H,1-2H2,3-4H3/b17-7-. The molecule has 1 N–H and O–H groups in total. The highest BCUT2D eigenvalue weighted by molar-refractivity contribution is 6.12. The van der Waals surface area contributed by atoms with E-state index in [0.717, 1.165) is 28.3 Å². The Kier molecular flexibility index (Phi) is 4.91. The average molecular weight is 415 g/mol. The molecule has 0 bridgehead atoms. The number of benzene rings is 3. The van der Waals surface area contributed by atoms with Gasteiger partial charge in [0.2, 0.25) is 0 Å². The van der Waals surface area contributed by atoms with Crippen molar-refractivity contribution in [3.8, 4) is 17.1 Å². The van der Waals surface area contributed by atoms with Crippen molar-refractivity contribution in [1.29, 1.82) is 0 Å². The van der Waals surface area contributed by atoms with Crippen LogP contribution in [0.2, 0.25) is 0 Å². The normalized spacial score (nSPS) is 11.6. The van der Waals surface area contributed by atoms with Crippen molar-refractivity contribution in [2.75, 3.05) is 0 Å². The Morgan fingerprint density at radius 3 is 2.31 bits per heavy atom. The van der Waals surface area contributed by atoms with Gasteiger partial charge in [-0.1, -0.05) is 86.0 Å². The van der Waals surface area contributed by atoms with E-state index in [1.54, 1.807) is 6.08 Å². The fourth-order valence-corrected chi connectivity index (χ4v) is 4.64. The van der Waals surface area contributed by atoms with Crippen molar-refractivity contribution in [2.24, 2.45) is 0 Å². The summed E-state index contributed by atoms with van der Waals surface area (Å²) in [5, 5.41) is 3.66. The van der Waals surface area contributed by atoms with Crippen molar-refractivity contribution in [1.82, 2.24) is 9.55 Å². The van der Waals surface area contributed by atoms with Gasteiger partial charge < -0.3 is 9.55 Å². The molecule has 0 aliphatic rings. The van der Waals surface area contributed by atoms with Crippen molar-refractivity contribution >= 4 is 33.8 Å². The highest BCUT2D eigenvalue weighted by Gasteiger charge is 2.23. The van der Waals surface area contributed by atoms with Crippen LogP contribution in [-0.2, 0) is 0 Å². The molecule has 2 aromatic heterocycles. The number of nitrogens with one attached hydrogen (secondary N) is 1. The van der Waals surface area contributed by atoms with Crippen LogP contribution in [0.25, 0.3) is 50.9 Å². The summed E-state index contributed by atoms with van der Waals surface area (Å²) < 4.78 is 2.38. The first-order chi connectivity index (χ1) is 15.7. The first-order valence-electron chi connectivity index (χ1n) is 10.9. The summed E-state index contributed by atoms with van der Waals surface area (Å²) in [7, 11) is 0. The second-order valence-corrected chi connectivity index (χ2v) is 8.08. The Labute approximate surface area is 188 Å². The van der Waals surface area contributed by atoms with Gasteiger partial charge in [-0.25, -0.2) is 0 Å². The van der Waals surface area contributed by atoms with Crippen LogP contribution in [0.5, 0.6) is 0 Å². The highest BCUT2D eigenvalue weighted by Crippen LogP contribution is 2.41. The van der Waals surface area contributed by atoms with Crippen LogP contribution in [0.3, 0.4) is 0 Å². The summed E-state index contributed by atoms with van der Waals surface area (Å²) in [5.74, 6) is 0. The van der Waals surface area contributed by atoms with E-state index in [0.29, 0.717) is 0 Å². The van der Waals surface area contributed by atoms with Crippen LogP contribution < -0.4 is 0 Å². The molecular weight excluding hydrogens is 388 g/mol. The second kappa shape index (κ2) is 7.90. The number of nitrogens with zero attached hydrogens (tertiary/aromatic N) is 1. The van der Waals surface area contributed by atoms with Crippen molar-refractivity contribution in [3.05, 3.63) is 114 Å². The molecule has 0 amide bonds. The van der Waals surface area contributed by atoms with E-state index in [1.165, 1.54) is 32.8 Å². The van der Waals surface area contributed by atoms with E-state index < -0.39 is 0 Å². The van der Waals surface area contributed by atoms with E-state index in [2.05, 4.69) is 109 Å². The number of allylic oxidation sites excluding steroid dienone is 2. The third-order valence-corrected chi connectivity index (χ3v) is 6.35. The molecule has 3 aromatic carbocycles. The lowest BCUT2D eigenvalue weighted by Crippen LogP contribution is -1.99. The fourth-order valence-electron chi connectivity index (χ4n) is 4.64. The zero-order valence-corrected chi connectivity index (χ0v) is 18.5. The molecule has 2 heterocycles. The minimum atomic E-state index is 1.10. The quantitative estimate of drug-likeness (QED) is 0.280. The van der Waals surface area contributed by atoms with E-state index in [4.69, 9.17) is 0 Å². The predicted molar refractivity (Wildman–Crippen MR) is 139 cm³/mol. The minimum Gasteiger partial charge on any atom is -0.353 e. The summed E-state index contributed by atoms with van der Waals surface area (Å²) in [5.41, 5.74) is 9.30. The smallest absolute Gasteiger partial charge is 0.0779 e. The summed E-state index contributed by atoms with van der Waals surface area (Å²) in [6.45, 7) is 12.4. The molecule has 0 fully saturated rings. The zero-order valence-electron chi connectivity index (χ0n) is 18.5. The molecule has 0 unspecified atom stereocenters. The minimum absolute atomic E-state index is 1.10. The Morgan fingerprint density at radius 2 is 1.56 bits per heavy atom. The van der Waals surface area contributed by atoms with Gasteiger partial charge in [0.1, 0.15) is 0 Å². The molecule has 2 heteroatoms. The topological polar surface area (TPSA) is 20.7 Å². The maximum Gasteiger partial charge on any atom is 0.0779 e. The molecule has 0 spiro atoms. The summed E-state index contributed by atoms with van der Waals surface area (Å²) in [4.78, 5) is 3.69. The first kappa shape index (κ1) is 19.9. The van der Waals surface area contributed by atoms with E-state index in [9.17, 15) is 0 Å². The van der Waals surface area contributed by atoms with Crippen LogP contribution in [0, 0.1) is 13.8 Å². The first-order valence-corrected chi connectivity index (χ1v) is 10.9. The van der Waals surface area contributed by atoms with Crippen molar-refractivity contribution in [2.45, 2.75) is 13.8 Å². The molecule has 32 heavy (non-hydrogen) atoms. The van der Waals surface area contributed by atoms with Gasteiger partial charge in [-0.2, -0.15) is 0 Å². The molecule has 0 saturated carbocycles. The molecular formula is C30H26N2. The van der Waals surface area contributed by atoms with Gasteiger partial charge in [-0.15, -0.1) is 0 Å². The highest BCUT2D eigenvalue weighted by atomic mass is 15.0. The maximum absolute atomic E-state index is 4.21. The summed E-state index contributed by atoms with van der Waals surface area (Å²) >= 11 is 0. The van der Waals surface area contributed by atoms with E-state index in [1.807, 2.05) is 12.2 Å². The SMILES string of the molecule is C=C/C=C\c1[nH]c(-c2c(C=C)c3ccc4ccccc4c3n2-c2ccccc2)c(C)c1C. The lowest BCUT2D eigenvalue weighted by atomic mass is 10.0. The summed E-state index contributed by atoms with van der Waals surface area (Å²) in [6.07, 6.45) is 7.84. The number of rotatable bonds is 5. The Balaban J connectivity index is 1.98. The summed E-state index contributed by atoms with van der Waals surface area (Å²) in [6, 6.07) is 23.6. The fraction of sp³-hybridized carbons (Fsp3) is 0.0667. The third-order valence-electron chi connectivity index (χ3n) is 6.35. The number of fused-ring (bicyclic) bond motifs is 3. The second-order valence-electron chi connectivity index (χ2n) is 8.08. The van der Waals surface area contributed by atoms with Crippen LogP contribution in [0.15, 0.2) is 92.0 Å². The van der Waals surface area contributed by atoms with Gasteiger partial charge in [0, 0.05) is 27.7 Å². The monoisotopic (exact) mass is 414 g/mol. The van der Waals surface area contributed by atoms with Crippen LogP contribution in [-0.4, -0.2) is 9.55 Å². The molecule has 0 aliphatic carbocycles. The van der Waals surface area contributed by atoms with Crippen molar-refractivity contribution < 1.29 is 0 Å². The number of hydrogen-bond acceptors (Lipinski definition) is 0.